The Hall–Kier alpha value is -3.28. The van der Waals surface area contributed by atoms with E-state index < -0.39 is 27.9 Å². The maximum atomic E-state index is 13.9. The van der Waals surface area contributed by atoms with E-state index in [0.29, 0.717) is 11.7 Å². The number of anilines is 2. The Morgan fingerprint density at radius 2 is 1.79 bits per heavy atom. The highest BCUT2D eigenvalue weighted by molar-refractivity contribution is 7.89. The molecule has 0 radical (unpaired) electrons. The third-order valence-corrected chi connectivity index (χ3v) is 11.9. The number of piperazine rings is 1. The lowest BCUT2D eigenvalue weighted by Crippen LogP contribution is -2.60. The van der Waals surface area contributed by atoms with Gasteiger partial charge >= 0.3 is 5.97 Å². The number of thiophene rings is 1. The maximum Gasteiger partial charge on any atom is 0.348 e. The van der Waals surface area contributed by atoms with Crippen molar-refractivity contribution in [3.63, 3.8) is 0 Å². The van der Waals surface area contributed by atoms with Gasteiger partial charge in [-0.1, -0.05) is 49.6 Å². The lowest BCUT2D eigenvalue weighted by Gasteiger charge is -2.44. The van der Waals surface area contributed by atoms with Crippen molar-refractivity contribution in [1.29, 1.82) is 0 Å². The summed E-state index contributed by atoms with van der Waals surface area (Å²) in [5, 5.41) is 10.1. The molecule has 42 heavy (non-hydrogen) atoms. The van der Waals surface area contributed by atoms with Gasteiger partial charge in [0.1, 0.15) is 15.6 Å². The van der Waals surface area contributed by atoms with E-state index in [0.717, 1.165) is 79.1 Å². The molecule has 0 bridgehead atoms. The smallest absolute Gasteiger partial charge is 0.348 e. The van der Waals surface area contributed by atoms with Gasteiger partial charge in [-0.3, -0.25) is 4.79 Å². The second-order valence-corrected chi connectivity index (χ2v) is 14.5. The number of carbonyl (C=O) groups is 2. The first-order chi connectivity index (χ1) is 20.2. The number of benzene rings is 1. The number of aromatic carboxylic acids is 1. The van der Waals surface area contributed by atoms with Crippen molar-refractivity contribution in [2.45, 2.75) is 68.8 Å². The normalized spacial score (nSPS) is 22.5. The topological polar surface area (TPSA) is 111 Å². The fourth-order valence-corrected chi connectivity index (χ4v) is 9.06. The molecule has 11 heteroatoms. The minimum atomic E-state index is -4.00. The molecular formula is C31H36N4O5S2. The largest absolute Gasteiger partial charge is 0.477 e. The Kier molecular flexibility index (Phi) is 8.08. The van der Waals surface area contributed by atoms with Crippen LogP contribution in [0, 0.1) is 5.92 Å². The molecule has 2 saturated heterocycles. The van der Waals surface area contributed by atoms with Crippen molar-refractivity contribution < 1.29 is 23.1 Å². The quantitative estimate of drug-likeness (QED) is 0.378. The van der Waals surface area contributed by atoms with Gasteiger partial charge in [0, 0.05) is 30.2 Å². The number of aromatic nitrogens is 1. The number of rotatable bonds is 7. The molecule has 222 valence electrons. The van der Waals surface area contributed by atoms with E-state index in [1.54, 1.807) is 23.1 Å². The zero-order valence-corrected chi connectivity index (χ0v) is 25.3. The molecule has 2 aromatic heterocycles. The lowest BCUT2D eigenvalue weighted by atomic mass is 9.82. The van der Waals surface area contributed by atoms with E-state index in [1.807, 2.05) is 30.3 Å². The van der Waals surface area contributed by atoms with E-state index in [-0.39, 0.29) is 28.8 Å². The highest BCUT2D eigenvalue weighted by atomic mass is 32.2. The molecule has 1 unspecified atom stereocenters. The van der Waals surface area contributed by atoms with Crippen molar-refractivity contribution >= 4 is 44.7 Å². The summed E-state index contributed by atoms with van der Waals surface area (Å²) < 4.78 is 29.0. The van der Waals surface area contributed by atoms with Crippen LogP contribution in [-0.4, -0.2) is 66.4 Å². The van der Waals surface area contributed by atoms with Crippen LogP contribution in [0.25, 0.3) is 10.4 Å². The zero-order valence-electron chi connectivity index (χ0n) is 23.7. The number of hydrogen-bond acceptors (Lipinski definition) is 7. The summed E-state index contributed by atoms with van der Waals surface area (Å²) in [6, 6.07) is 14.5. The lowest BCUT2D eigenvalue weighted by molar-refractivity contribution is -0.121. The summed E-state index contributed by atoms with van der Waals surface area (Å²) >= 11 is 1.14. The molecule has 1 aromatic carbocycles. The van der Waals surface area contributed by atoms with E-state index in [1.165, 1.54) is 10.5 Å². The summed E-state index contributed by atoms with van der Waals surface area (Å²) in [5.41, 5.74) is 1.23. The molecular weight excluding hydrogens is 572 g/mol. The molecule has 3 fully saturated rings. The second kappa shape index (κ2) is 11.8. The second-order valence-electron chi connectivity index (χ2n) is 11.6. The molecule has 6 rings (SSSR count). The molecule has 1 aliphatic carbocycles. The zero-order chi connectivity index (χ0) is 29.4. The van der Waals surface area contributed by atoms with Crippen LogP contribution in [0.5, 0.6) is 0 Å². The van der Waals surface area contributed by atoms with Crippen molar-refractivity contribution in [3.8, 4) is 10.4 Å². The van der Waals surface area contributed by atoms with Crippen molar-refractivity contribution in [2.24, 2.45) is 5.92 Å². The van der Waals surface area contributed by atoms with Gasteiger partial charge in [-0.2, -0.15) is 4.31 Å². The Balaban J connectivity index is 1.33. The minimum absolute atomic E-state index is 0.0647. The highest BCUT2D eigenvalue weighted by Crippen LogP contribution is 2.42. The van der Waals surface area contributed by atoms with Crippen molar-refractivity contribution in [2.75, 3.05) is 29.4 Å². The van der Waals surface area contributed by atoms with Gasteiger partial charge in [0.05, 0.1) is 18.3 Å². The molecule has 2 atom stereocenters. The number of sulfonamides is 1. The SMILES string of the molecule is C[C@H]1CCCN1c1ccc(S(=O)(=O)N2CC(=O)N(c3cc(-c4ccccc4)sc3C(=O)O)C(C3CCCCC3)C2)cn1. The molecule has 1 N–H and O–H groups in total. The summed E-state index contributed by atoms with van der Waals surface area (Å²) in [5.74, 6) is -0.677. The number of carboxylic acid groups (broad SMARTS) is 1. The summed E-state index contributed by atoms with van der Waals surface area (Å²) in [4.78, 5) is 35.5. The monoisotopic (exact) mass is 608 g/mol. The van der Waals surface area contributed by atoms with Crippen LogP contribution in [-0.2, 0) is 14.8 Å². The molecule has 2 aliphatic heterocycles. The number of pyridine rings is 1. The number of amides is 1. The standard InChI is InChI=1S/C31H36N4O5S2/c1-21-9-8-16-34(21)28-15-14-24(18-32-28)42(39,40)33-19-26(22-10-4-2-5-11-22)35(29(36)20-33)25-17-27(41-30(25)31(37)38)23-12-6-3-7-13-23/h3,6-7,12-15,17-18,21-22,26H,2,4-5,8-11,16,19-20H2,1H3,(H,37,38)/t21-,26?/m0/s1. The average Bonchev–Trinajstić information content (AvgIpc) is 3.64. The van der Waals surface area contributed by atoms with Gasteiger partial charge in [-0.05, 0) is 62.3 Å². The first-order valence-electron chi connectivity index (χ1n) is 14.7. The summed E-state index contributed by atoms with van der Waals surface area (Å²) in [7, 11) is -4.00. The van der Waals surface area contributed by atoms with Crippen LogP contribution < -0.4 is 9.80 Å². The number of carboxylic acids is 1. The fourth-order valence-electron chi connectivity index (χ4n) is 6.72. The average molecular weight is 609 g/mol. The maximum absolute atomic E-state index is 13.9. The Morgan fingerprint density at radius 1 is 1.02 bits per heavy atom. The Labute approximate surface area is 250 Å². The van der Waals surface area contributed by atoms with E-state index in [2.05, 4.69) is 16.8 Å². The fraction of sp³-hybridized carbons (Fsp3) is 0.452. The molecule has 1 amide bonds. The van der Waals surface area contributed by atoms with Gasteiger partial charge < -0.3 is 14.9 Å². The van der Waals surface area contributed by atoms with Gasteiger partial charge in [0.25, 0.3) is 0 Å². The van der Waals surface area contributed by atoms with Gasteiger partial charge in [0.2, 0.25) is 15.9 Å². The Bertz CT molecular complexity index is 1550. The third kappa shape index (κ3) is 5.45. The predicted octanol–water partition coefficient (Wildman–Crippen LogP) is 5.48. The van der Waals surface area contributed by atoms with Crippen LogP contribution in [0.1, 0.15) is 61.5 Å². The predicted molar refractivity (Wildman–Crippen MR) is 164 cm³/mol. The minimum Gasteiger partial charge on any atom is -0.477 e. The molecule has 4 heterocycles. The van der Waals surface area contributed by atoms with Crippen LogP contribution in [0.15, 0.2) is 59.6 Å². The van der Waals surface area contributed by atoms with Crippen molar-refractivity contribution in [3.05, 3.63) is 59.6 Å². The van der Waals surface area contributed by atoms with Crippen LogP contribution in [0.4, 0.5) is 11.5 Å². The van der Waals surface area contributed by atoms with Gasteiger partial charge in [-0.15, -0.1) is 11.3 Å². The van der Waals surface area contributed by atoms with Crippen LogP contribution >= 0.6 is 11.3 Å². The van der Waals surface area contributed by atoms with E-state index in [4.69, 9.17) is 0 Å². The van der Waals surface area contributed by atoms with Gasteiger partial charge in [0.15, 0.2) is 0 Å². The van der Waals surface area contributed by atoms with Crippen molar-refractivity contribution in [1.82, 2.24) is 9.29 Å². The molecule has 9 nitrogen and oxygen atoms in total. The first-order valence-corrected chi connectivity index (χ1v) is 17.0. The number of carbonyl (C=O) groups excluding carboxylic acids is 1. The third-order valence-electron chi connectivity index (χ3n) is 8.93. The summed E-state index contributed by atoms with van der Waals surface area (Å²) in [6.45, 7) is 2.79. The summed E-state index contributed by atoms with van der Waals surface area (Å²) in [6.07, 6.45) is 8.40. The number of hydrogen-bond donors (Lipinski definition) is 1. The highest BCUT2D eigenvalue weighted by Gasteiger charge is 2.44. The van der Waals surface area contributed by atoms with E-state index in [9.17, 15) is 23.1 Å². The molecule has 1 saturated carbocycles. The van der Waals surface area contributed by atoms with Gasteiger partial charge in [-0.25, -0.2) is 18.2 Å². The van der Waals surface area contributed by atoms with E-state index >= 15 is 0 Å². The first kappa shape index (κ1) is 28.8. The van der Waals surface area contributed by atoms with Crippen LogP contribution in [0.2, 0.25) is 0 Å². The molecule has 3 aliphatic rings. The molecule has 3 aromatic rings. The molecule has 0 spiro atoms. The number of nitrogens with zero attached hydrogens (tertiary/aromatic N) is 4. The van der Waals surface area contributed by atoms with Crippen LogP contribution in [0.3, 0.4) is 0 Å². The Morgan fingerprint density at radius 3 is 2.43 bits per heavy atom.